The summed E-state index contributed by atoms with van der Waals surface area (Å²) in [6, 6.07) is 13.7. The topological polar surface area (TPSA) is 55.1 Å². The van der Waals surface area contributed by atoms with Gasteiger partial charge in [-0.05, 0) is 54.7 Å². The zero-order valence-corrected chi connectivity index (χ0v) is 11.5. The Hall–Kier alpha value is -2.29. The maximum absolute atomic E-state index is 12.4. The Balaban J connectivity index is 1.81. The molecule has 0 saturated carbocycles. The molecule has 0 bridgehead atoms. The van der Waals surface area contributed by atoms with Crippen LogP contribution in [0.25, 0.3) is 0 Å². The minimum Gasteiger partial charge on any atom is -0.399 e. The molecule has 20 heavy (non-hydrogen) atoms. The van der Waals surface area contributed by atoms with Crippen molar-refractivity contribution >= 4 is 11.6 Å². The molecule has 0 radical (unpaired) electrons. The molecule has 1 atom stereocenters. The van der Waals surface area contributed by atoms with Gasteiger partial charge in [-0.25, -0.2) is 0 Å². The van der Waals surface area contributed by atoms with Gasteiger partial charge in [0.1, 0.15) is 0 Å². The fourth-order valence-corrected chi connectivity index (χ4v) is 2.85. The molecule has 0 saturated heterocycles. The molecule has 0 aliphatic heterocycles. The number of carbonyl (C=O) groups is 1. The molecule has 0 heterocycles. The number of anilines is 1. The highest BCUT2D eigenvalue weighted by molar-refractivity contribution is 5.95. The van der Waals surface area contributed by atoms with Crippen molar-refractivity contribution in [2.75, 3.05) is 5.73 Å². The van der Waals surface area contributed by atoms with Gasteiger partial charge in [-0.3, -0.25) is 4.79 Å². The molecule has 1 unspecified atom stereocenters. The number of hydrogen-bond donors (Lipinski definition) is 2. The number of nitrogen functional groups attached to an aromatic ring is 1. The second-order valence-electron chi connectivity index (χ2n) is 5.34. The van der Waals surface area contributed by atoms with Crippen molar-refractivity contribution in [1.82, 2.24) is 5.32 Å². The third-order valence-electron chi connectivity index (χ3n) is 3.94. The van der Waals surface area contributed by atoms with Gasteiger partial charge >= 0.3 is 0 Å². The van der Waals surface area contributed by atoms with Crippen LogP contribution in [0.1, 0.15) is 39.5 Å². The first-order valence-electron chi connectivity index (χ1n) is 6.90. The third kappa shape index (κ3) is 2.27. The summed E-state index contributed by atoms with van der Waals surface area (Å²) in [7, 11) is 0. The van der Waals surface area contributed by atoms with E-state index in [2.05, 4.69) is 5.32 Å². The zero-order chi connectivity index (χ0) is 14.1. The minimum atomic E-state index is -0.00206. The van der Waals surface area contributed by atoms with Crippen molar-refractivity contribution in [1.29, 1.82) is 0 Å². The predicted octanol–water partition coefficient (Wildman–Crippen LogP) is 2.99. The van der Waals surface area contributed by atoms with Crippen LogP contribution in [0.15, 0.2) is 42.5 Å². The Morgan fingerprint density at radius 2 is 2.05 bits per heavy atom. The molecule has 3 heteroatoms. The van der Waals surface area contributed by atoms with E-state index in [1.54, 1.807) is 0 Å². The lowest BCUT2D eigenvalue weighted by Crippen LogP contribution is -2.27. The normalized spacial score (nSPS) is 16.8. The van der Waals surface area contributed by atoms with Crippen molar-refractivity contribution in [3.63, 3.8) is 0 Å². The number of rotatable bonds is 2. The van der Waals surface area contributed by atoms with E-state index in [0.29, 0.717) is 0 Å². The molecule has 2 aromatic rings. The van der Waals surface area contributed by atoms with Crippen LogP contribution in [-0.2, 0) is 6.42 Å². The van der Waals surface area contributed by atoms with Gasteiger partial charge in [0, 0.05) is 11.3 Å². The van der Waals surface area contributed by atoms with E-state index in [9.17, 15) is 4.79 Å². The van der Waals surface area contributed by atoms with Crippen LogP contribution in [0, 0.1) is 6.92 Å². The van der Waals surface area contributed by atoms with Gasteiger partial charge in [0.2, 0.25) is 0 Å². The van der Waals surface area contributed by atoms with Crippen molar-refractivity contribution in [2.24, 2.45) is 0 Å². The zero-order valence-electron chi connectivity index (χ0n) is 11.5. The monoisotopic (exact) mass is 266 g/mol. The lowest BCUT2D eigenvalue weighted by Gasteiger charge is -2.15. The number of hydrogen-bond acceptors (Lipinski definition) is 2. The van der Waals surface area contributed by atoms with Crippen LogP contribution in [0.3, 0.4) is 0 Å². The van der Waals surface area contributed by atoms with E-state index < -0.39 is 0 Å². The quantitative estimate of drug-likeness (QED) is 0.821. The standard InChI is InChI=1S/C17H18N2O/c1-11-4-2-3-5-14(11)17(20)19-16-9-6-12-10-13(18)7-8-15(12)16/h2-5,7-8,10,16H,6,9,18H2,1H3,(H,19,20). The van der Waals surface area contributed by atoms with E-state index in [-0.39, 0.29) is 11.9 Å². The molecule has 3 N–H and O–H groups in total. The molecular weight excluding hydrogens is 248 g/mol. The van der Waals surface area contributed by atoms with E-state index in [1.807, 2.05) is 49.4 Å². The molecule has 3 rings (SSSR count). The predicted molar refractivity (Wildman–Crippen MR) is 80.6 cm³/mol. The highest BCUT2D eigenvalue weighted by atomic mass is 16.1. The molecule has 0 spiro atoms. The summed E-state index contributed by atoms with van der Waals surface area (Å²) in [6.45, 7) is 1.96. The lowest BCUT2D eigenvalue weighted by molar-refractivity contribution is 0.0936. The average molecular weight is 266 g/mol. The van der Waals surface area contributed by atoms with Crippen LogP contribution in [0.5, 0.6) is 0 Å². The summed E-state index contributed by atoms with van der Waals surface area (Å²) in [4.78, 5) is 12.4. The van der Waals surface area contributed by atoms with Gasteiger partial charge in [-0.15, -0.1) is 0 Å². The summed E-state index contributed by atoms with van der Waals surface area (Å²) in [6.07, 6.45) is 1.91. The highest BCUT2D eigenvalue weighted by Gasteiger charge is 2.24. The number of aryl methyl sites for hydroxylation is 2. The van der Waals surface area contributed by atoms with Crippen LogP contribution >= 0.6 is 0 Å². The fraction of sp³-hybridized carbons (Fsp3) is 0.235. The van der Waals surface area contributed by atoms with E-state index in [0.717, 1.165) is 29.7 Å². The molecule has 1 aliphatic rings. The third-order valence-corrected chi connectivity index (χ3v) is 3.94. The summed E-state index contributed by atoms with van der Waals surface area (Å²) in [5.41, 5.74) is 10.8. The molecule has 0 fully saturated rings. The van der Waals surface area contributed by atoms with Gasteiger partial charge in [0.15, 0.2) is 0 Å². The number of carbonyl (C=O) groups excluding carboxylic acids is 1. The van der Waals surface area contributed by atoms with E-state index in [4.69, 9.17) is 5.73 Å². The number of fused-ring (bicyclic) bond motifs is 1. The van der Waals surface area contributed by atoms with Gasteiger partial charge in [-0.2, -0.15) is 0 Å². The summed E-state index contributed by atoms with van der Waals surface area (Å²) in [5.74, 6) is -0.00206. The van der Waals surface area contributed by atoms with Gasteiger partial charge < -0.3 is 11.1 Å². The second-order valence-corrected chi connectivity index (χ2v) is 5.34. The Morgan fingerprint density at radius 1 is 1.25 bits per heavy atom. The number of amides is 1. The van der Waals surface area contributed by atoms with E-state index >= 15 is 0 Å². The van der Waals surface area contributed by atoms with Gasteiger partial charge in [0.25, 0.3) is 5.91 Å². The number of nitrogens with two attached hydrogens (primary N) is 1. The summed E-state index contributed by atoms with van der Waals surface area (Å²) >= 11 is 0. The number of nitrogens with one attached hydrogen (secondary N) is 1. The lowest BCUT2D eigenvalue weighted by atomic mass is 10.1. The molecular formula is C17H18N2O. The first-order chi connectivity index (χ1) is 9.65. The highest BCUT2D eigenvalue weighted by Crippen LogP contribution is 2.32. The fourth-order valence-electron chi connectivity index (χ4n) is 2.85. The van der Waals surface area contributed by atoms with Crippen molar-refractivity contribution in [3.8, 4) is 0 Å². The Labute approximate surface area is 118 Å². The molecule has 3 nitrogen and oxygen atoms in total. The van der Waals surface area contributed by atoms with Crippen LogP contribution < -0.4 is 11.1 Å². The molecule has 1 amide bonds. The van der Waals surface area contributed by atoms with Crippen molar-refractivity contribution in [3.05, 3.63) is 64.7 Å². The maximum atomic E-state index is 12.4. The Morgan fingerprint density at radius 3 is 2.85 bits per heavy atom. The largest absolute Gasteiger partial charge is 0.399 e. The smallest absolute Gasteiger partial charge is 0.252 e. The van der Waals surface area contributed by atoms with Gasteiger partial charge in [-0.1, -0.05) is 24.3 Å². The second kappa shape index (κ2) is 5.00. The van der Waals surface area contributed by atoms with Gasteiger partial charge in [0.05, 0.1) is 6.04 Å². The number of benzene rings is 2. The van der Waals surface area contributed by atoms with Crippen molar-refractivity contribution < 1.29 is 4.79 Å². The first kappa shape index (κ1) is 12.7. The maximum Gasteiger partial charge on any atom is 0.252 e. The minimum absolute atomic E-state index is 0.00206. The van der Waals surface area contributed by atoms with E-state index in [1.165, 1.54) is 11.1 Å². The van der Waals surface area contributed by atoms with Crippen LogP contribution in [-0.4, -0.2) is 5.91 Å². The van der Waals surface area contributed by atoms with Crippen LogP contribution in [0.2, 0.25) is 0 Å². The summed E-state index contributed by atoms with van der Waals surface area (Å²) in [5, 5.41) is 3.13. The average Bonchev–Trinajstić information content (AvgIpc) is 2.81. The SMILES string of the molecule is Cc1ccccc1C(=O)NC1CCc2cc(N)ccc21. The Bertz CT molecular complexity index is 664. The molecule has 102 valence electrons. The molecule has 0 aromatic heterocycles. The van der Waals surface area contributed by atoms with Crippen molar-refractivity contribution in [2.45, 2.75) is 25.8 Å². The first-order valence-corrected chi connectivity index (χ1v) is 6.90. The molecule has 1 aliphatic carbocycles. The Kier molecular flexibility index (Phi) is 3.18. The summed E-state index contributed by atoms with van der Waals surface area (Å²) < 4.78 is 0. The van der Waals surface area contributed by atoms with Crippen LogP contribution in [0.4, 0.5) is 5.69 Å². The molecule has 2 aromatic carbocycles.